The highest BCUT2D eigenvalue weighted by atomic mass is 32.2. The summed E-state index contributed by atoms with van der Waals surface area (Å²) in [4.78, 5) is 26.6. The molecule has 1 fully saturated rings. The van der Waals surface area contributed by atoms with Crippen LogP contribution in [0.1, 0.15) is 28.8 Å². The number of anilines is 2. The summed E-state index contributed by atoms with van der Waals surface area (Å²) >= 11 is 1.13. The van der Waals surface area contributed by atoms with Gasteiger partial charge in [0.05, 0.1) is 5.92 Å². The summed E-state index contributed by atoms with van der Waals surface area (Å²) in [5, 5.41) is 4.64. The van der Waals surface area contributed by atoms with E-state index in [0.717, 1.165) is 36.3 Å². The van der Waals surface area contributed by atoms with Crippen molar-refractivity contribution < 1.29 is 18.0 Å². The summed E-state index contributed by atoms with van der Waals surface area (Å²) in [6.07, 6.45) is 1.72. The summed E-state index contributed by atoms with van der Waals surface area (Å²) < 4.78 is 27.5. The van der Waals surface area contributed by atoms with Gasteiger partial charge in [0.1, 0.15) is 4.21 Å². The number of nitrogens with two attached hydrogens (primary N) is 1. The SMILES string of the molecule is NC(=O)C1CCCN(Cc2ccccc2NC(=O)c2ccc(NS(=O)(=O)c3cccs3)cc2)C1. The molecule has 2 aromatic carbocycles. The molecule has 3 aromatic rings. The van der Waals surface area contributed by atoms with E-state index in [1.807, 2.05) is 24.3 Å². The Hall–Kier alpha value is -3.21. The van der Waals surface area contributed by atoms with Crippen molar-refractivity contribution in [3.05, 3.63) is 77.2 Å². The third-order valence-electron chi connectivity index (χ3n) is 5.73. The quantitative estimate of drug-likeness (QED) is 0.439. The van der Waals surface area contributed by atoms with Gasteiger partial charge in [-0.25, -0.2) is 8.42 Å². The van der Waals surface area contributed by atoms with Crippen LogP contribution < -0.4 is 15.8 Å². The number of benzene rings is 2. The zero-order valence-corrected chi connectivity index (χ0v) is 20.1. The maximum absolute atomic E-state index is 12.9. The molecule has 2 amide bonds. The highest BCUT2D eigenvalue weighted by molar-refractivity contribution is 7.94. The van der Waals surface area contributed by atoms with Crippen molar-refractivity contribution in [3.63, 3.8) is 0 Å². The van der Waals surface area contributed by atoms with Crippen molar-refractivity contribution in [1.82, 2.24) is 4.90 Å². The first-order chi connectivity index (χ1) is 16.3. The van der Waals surface area contributed by atoms with Gasteiger partial charge < -0.3 is 11.1 Å². The van der Waals surface area contributed by atoms with Crippen molar-refractivity contribution >= 4 is 44.5 Å². The van der Waals surface area contributed by atoms with Crippen LogP contribution in [0.4, 0.5) is 11.4 Å². The van der Waals surface area contributed by atoms with Gasteiger partial charge in [-0.15, -0.1) is 11.3 Å². The number of rotatable bonds is 8. The number of piperidine rings is 1. The first-order valence-electron chi connectivity index (χ1n) is 10.9. The fraction of sp³-hybridized carbons (Fsp3) is 0.250. The number of likely N-dealkylation sites (tertiary alicyclic amines) is 1. The van der Waals surface area contributed by atoms with Gasteiger partial charge >= 0.3 is 0 Å². The Kier molecular flexibility index (Phi) is 7.30. The minimum absolute atomic E-state index is 0.147. The maximum atomic E-state index is 12.9. The highest BCUT2D eigenvalue weighted by Crippen LogP contribution is 2.24. The first-order valence-corrected chi connectivity index (χ1v) is 13.3. The molecular weight excluding hydrogens is 472 g/mol. The lowest BCUT2D eigenvalue weighted by molar-refractivity contribution is -0.123. The van der Waals surface area contributed by atoms with E-state index in [4.69, 9.17) is 5.73 Å². The van der Waals surface area contributed by atoms with E-state index in [-0.39, 0.29) is 21.9 Å². The number of sulfonamides is 1. The third-order valence-corrected chi connectivity index (χ3v) is 8.51. The largest absolute Gasteiger partial charge is 0.369 e. The predicted molar refractivity (Wildman–Crippen MR) is 133 cm³/mol. The zero-order valence-electron chi connectivity index (χ0n) is 18.4. The molecule has 1 unspecified atom stereocenters. The van der Waals surface area contributed by atoms with Crippen molar-refractivity contribution in [2.45, 2.75) is 23.6 Å². The Morgan fingerprint density at radius 3 is 2.53 bits per heavy atom. The third kappa shape index (κ3) is 5.82. The van der Waals surface area contributed by atoms with Crippen molar-refractivity contribution in [2.24, 2.45) is 11.7 Å². The summed E-state index contributed by atoms with van der Waals surface area (Å²) in [5.74, 6) is -0.715. The number of hydrogen-bond donors (Lipinski definition) is 3. The van der Waals surface area contributed by atoms with E-state index >= 15 is 0 Å². The second-order valence-electron chi connectivity index (χ2n) is 8.20. The van der Waals surface area contributed by atoms with Crippen LogP contribution >= 0.6 is 11.3 Å². The summed E-state index contributed by atoms with van der Waals surface area (Å²) in [5.41, 5.74) is 7.91. The number of nitrogens with one attached hydrogen (secondary N) is 2. The molecule has 1 aliphatic rings. The Labute approximate surface area is 202 Å². The van der Waals surface area contributed by atoms with Gasteiger partial charge in [-0.2, -0.15) is 0 Å². The average Bonchev–Trinajstić information content (AvgIpc) is 3.37. The van der Waals surface area contributed by atoms with Gasteiger partial charge in [0.15, 0.2) is 0 Å². The molecule has 4 rings (SSSR count). The summed E-state index contributed by atoms with van der Waals surface area (Å²) in [7, 11) is -3.65. The molecule has 0 bridgehead atoms. The fourth-order valence-corrected chi connectivity index (χ4v) is 6.01. The number of hydrogen-bond acceptors (Lipinski definition) is 6. The van der Waals surface area contributed by atoms with Crippen molar-refractivity contribution in [3.8, 4) is 0 Å². The first kappa shape index (κ1) is 23.9. The fourth-order valence-electron chi connectivity index (χ4n) is 3.96. The lowest BCUT2D eigenvalue weighted by atomic mass is 9.97. The van der Waals surface area contributed by atoms with Crippen molar-refractivity contribution in [2.75, 3.05) is 23.1 Å². The van der Waals surface area contributed by atoms with Gasteiger partial charge in [0.25, 0.3) is 15.9 Å². The average molecular weight is 499 g/mol. The lowest BCUT2D eigenvalue weighted by Crippen LogP contribution is -2.40. The zero-order chi connectivity index (χ0) is 24.1. The van der Waals surface area contributed by atoms with Gasteiger partial charge in [-0.1, -0.05) is 24.3 Å². The highest BCUT2D eigenvalue weighted by Gasteiger charge is 2.24. The Balaban J connectivity index is 1.42. The molecule has 0 spiro atoms. The molecule has 0 saturated carbocycles. The van der Waals surface area contributed by atoms with E-state index < -0.39 is 10.0 Å². The van der Waals surface area contributed by atoms with Gasteiger partial charge in [0.2, 0.25) is 5.91 Å². The van der Waals surface area contributed by atoms with Crippen molar-refractivity contribution in [1.29, 1.82) is 0 Å². The molecule has 1 aliphatic heterocycles. The van der Waals surface area contributed by atoms with Crippen LogP contribution in [0.15, 0.2) is 70.3 Å². The molecule has 1 atom stereocenters. The number of carbonyl (C=O) groups is 2. The molecule has 2 heterocycles. The second kappa shape index (κ2) is 10.4. The van der Waals surface area contributed by atoms with Crippen LogP contribution in [-0.2, 0) is 21.4 Å². The number of thiophene rings is 1. The molecular formula is C24H26N4O4S2. The minimum Gasteiger partial charge on any atom is -0.369 e. The van der Waals surface area contributed by atoms with Crippen LogP contribution in [0.25, 0.3) is 0 Å². The predicted octanol–water partition coefficient (Wildman–Crippen LogP) is 3.50. The number of para-hydroxylation sites is 1. The monoisotopic (exact) mass is 498 g/mol. The van der Waals surface area contributed by atoms with Crippen LogP contribution in [0, 0.1) is 5.92 Å². The summed E-state index contributed by atoms with van der Waals surface area (Å²) in [6, 6.07) is 17.0. The minimum atomic E-state index is -3.65. The van der Waals surface area contributed by atoms with Gasteiger partial charge in [-0.3, -0.25) is 19.2 Å². The topological polar surface area (TPSA) is 122 Å². The Morgan fingerprint density at radius 1 is 1.06 bits per heavy atom. The van der Waals surface area contributed by atoms with Gasteiger partial charge in [0, 0.05) is 30.0 Å². The molecule has 8 nitrogen and oxygen atoms in total. The molecule has 4 N–H and O–H groups in total. The van der Waals surface area contributed by atoms with Crippen LogP contribution in [0.2, 0.25) is 0 Å². The number of amides is 2. The van der Waals surface area contributed by atoms with E-state index in [1.54, 1.807) is 35.7 Å². The van der Waals surface area contributed by atoms with E-state index in [0.29, 0.717) is 30.0 Å². The number of carbonyl (C=O) groups excluding carboxylic acids is 2. The second-order valence-corrected chi connectivity index (χ2v) is 11.1. The molecule has 34 heavy (non-hydrogen) atoms. The molecule has 0 radical (unpaired) electrons. The van der Waals surface area contributed by atoms with Crippen LogP contribution in [-0.4, -0.2) is 38.2 Å². The lowest BCUT2D eigenvalue weighted by Gasteiger charge is -2.31. The number of primary amides is 1. The van der Waals surface area contributed by atoms with Crippen LogP contribution in [0.5, 0.6) is 0 Å². The number of nitrogens with zero attached hydrogens (tertiary/aromatic N) is 1. The smallest absolute Gasteiger partial charge is 0.271 e. The molecule has 178 valence electrons. The Bertz CT molecular complexity index is 1260. The molecule has 10 heteroatoms. The molecule has 1 aromatic heterocycles. The maximum Gasteiger partial charge on any atom is 0.271 e. The normalized spacial score (nSPS) is 16.6. The van der Waals surface area contributed by atoms with E-state index in [2.05, 4.69) is 14.9 Å². The summed E-state index contributed by atoms with van der Waals surface area (Å²) in [6.45, 7) is 2.08. The molecule has 1 saturated heterocycles. The van der Waals surface area contributed by atoms with Gasteiger partial charge in [-0.05, 0) is 66.7 Å². The standard InChI is InChI=1S/C24H26N4O4S2/c25-23(29)19-6-3-13-28(16-19)15-18-5-1-2-7-21(18)26-24(30)17-9-11-20(12-10-17)27-34(31,32)22-8-4-14-33-22/h1-2,4-5,7-12,14,19,27H,3,6,13,15-16H2,(H2,25,29)(H,26,30). The van der Waals surface area contributed by atoms with Crippen LogP contribution in [0.3, 0.4) is 0 Å². The van der Waals surface area contributed by atoms with E-state index in [9.17, 15) is 18.0 Å². The Morgan fingerprint density at radius 2 is 1.82 bits per heavy atom. The molecule has 0 aliphatic carbocycles. The van der Waals surface area contributed by atoms with E-state index in [1.165, 1.54) is 6.07 Å².